The van der Waals surface area contributed by atoms with Crippen LogP contribution in [0.2, 0.25) is 5.02 Å². The molecule has 3 N–H and O–H groups in total. The Morgan fingerprint density at radius 2 is 1.88 bits per heavy atom. The number of anilines is 1. The fraction of sp³-hybridized carbons (Fsp3) is 0.200. The molecule has 130 valence electrons. The summed E-state index contributed by atoms with van der Waals surface area (Å²) >= 11 is 5.86. The van der Waals surface area contributed by atoms with E-state index in [9.17, 15) is 9.59 Å². The molecular weight excluding hydrogens is 336 g/mol. The van der Waals surface area contributed by atoms with Gasteiger partial charge in [-0.1, -0.05) is 48.0 Å². The van der Waals surface area contributed by atoms with Gasteiger partial charge < -0.3 is 11.1 Å². The summed E-state index contributed by atoms with van der Waals surface area (Å²) in [5, 5.41) is 3.34. The highest BCUT2D eigenvalue weighted by molar-refractivity contribution is 6.30. The highest BCUT2D eigenvalue weighted by Gasteiger charge is 2.05. The highest BCUT2D eigenvalue weighted by atomic mass is 35.5. The Morgan fingerprint density at radius 3 is 2.64 bits per heavy atom. The Bertz CT molecular complexity index is 772. The number of amides is 1. The zero-order chi connectivity index (χ0) is 18.1. The maximum Gasteiger partial charge on any atom is 0.251 e. The van der Waals surface area contributed by atoms with Gasteiger partial charge in [0.1, 0.15) is 5.78 Å². The van der Waals surface area contributed by atoms with Gasteiger partial charge in [0.25, 0.3) is 5.91 Å². The lowest BCUT2D eigenvalue weighted by Gasteiger charge is -2.04. The first-order valence-corrected chi connectivity index (χ1v) is 8.48. The summed E-state index contributed by atoms with van der Waals surface area (Å²) in [6.07, 6.45) is 5.07. The van der Waals surface area contributed by atoms with Gasteiger partial charge in [-0.3, -0.25) is 9.59 Å². The molecule has 0 aliphatic heterocycles. The van der Waals surface area contributed by atoms with E-state index in [-0.39, 0.29) is 11.7 Å². The van der Waals surface area contributed by atoms with Crippen LogP contribution >= 0.6 is 11.6 Å². The third-order valence-electron chi connectivity index (χ3n) is 3.64. The maximum absolute atomic E-state index is 11.9. The number of allylic oxidation sites excluding steroid dienone is 1. The predicted molar refractivity (Wildman–Crippen MR) is 102 cm³/mol. The van der Waals surface area contributed by atoms with Crippen LogP contribution in [0.25, 0.3) is 0 Å². The molecule has 0 saturated heterocycles. The lowest BCUT2D eigenvalue weighted by molar-refractivity contribution is -0.117. The number of ketones is 1. The minimum absolute atomic E-state index is 0.108. The second-order valence-electron chi connectivity index (χ2n) is 5.64. The van der Waals surface area contributed by atoms with Crippen molar-refractivity contribution in [1.82, 2.24) is 5.32 Å². The van der Waals surface area contributed by atoms with E-state index in [1.54, 1.807) is 30.3 Å². The van der Waals surface area contributed by atoms with Gasteiger partial charge in [0.15, 0.2) is 0 Å². The smallest absolute Gasteiger partial charge is 0.251 e. The maximum atomic E-state index is 11.9. The number of carbonyl (C=O) groups excluding carboxylic acids is 2. The molecule has 0 unspecified atom stereocenters. The number of hydrogen-bond donors (Lipinski definition) is 2. The zero-order valence-electron chi connectivity index (χ0n) is 13.9. The van der Waals surface area contributed by atoms with E-state index >= 15 is 0 Å². The molecule has 25 heavy (non-hydrogen) atoms. The van der Waals surface area contributed by atoms with Crippen molar-refractivity contribution in [3.63, 3.8) is 0 Å². The molecule has 2 rings (SSSR count). The number of hydrogen-bond acceptors (Lipinski definition) is 3. The van der Waals surface area contributed by atoms with E-state index in [2.05, 4.69) is 5.32 Å². The molecule has 0 bridgehead atoms. The van der Waals surface area contributed by atoms with Gasteiger partial charge in [0.2, 0.25) is 0 Å². The first-order chi connectivity index (χ1) is 12.1. The second-order valence-corrected chi connectivity index (χ2v) is 6.08. The number of nitrogens with two attached hydrogens (primary N) is 1. The van der Waals surface area contributed by atoms with Gasteiger partial charge in [-0.25, -0.2) is 0 Å². The Kier molecular flexibility index (Phi) is 7.23. The summed E-state index contributed by atoms with van der Waals surface area (Å²) in [6.45, 7) is 0.502. The van der Waals surface area contributed by atoms with Crippen molar-refractivity contribution >= 4 is 29.0 Å². The average molecular weight is 357 g/mol. The number of nitrogens with one attached hydrogen (secondary N) is 1. The Labute approximate surface area is 152 Å². The monoisotopic (exact) mass is 356 g/mol. The molecule has 1 amide bonds. The molecule has 0 aliphatic carbocycles. The summed E-state index contributed by atoms with van der Waals surface area (Å²) in [5.74, 6) is -0.0522. The molecule has 0 fully saturated rings. The molecule has 0 saturated carbocycles. The molecule has 0 heterocycles. The van der Waals surface area contributed by atoms with Crippen LogP contribution in [0.15, 0.2) is 60.7 Å². The Morgan fingerprint density at radius 1 is 1.08 bits per heavy atom. The summed E-state index contributed by atoms with van der Waals surface area (Å²) in [5.41, 5.74) is 7.86. The standard InChI is InChI=1S/C20H21ClN2O2/c21-17-9-6-8-16(13-17)20(25)23-12-5-1-2-10-18(24)14-15-7-3-4-11-19(15)22/h1-4,6-9,11,13H,5,10,12,14,22H2,(H,23,25)/b2-1+. The van der Waals surface area contributed by atoms with Gasteiger partial charge in [0.05, 0.1) is 0 Å². The molecule has 0 radical (unpaired) electrons. The predicted octanol–water partition coefficient (Wildman–Crippen LogP) is 3.80. The minimum Gasteiger partial charge on any atom is -0.398 e. The van der Waals surface area contributed by atoms with Gasteiger partial charge in [-0.05, 0) is 36.2 Å². The van der Waals surface area contributed by atoms with Crippen LogP contribution in [0.5, 0.6) is 0 Å². The third kappa shape index (κ3) is 6.43. The Hall–Kier alpha value is -2.59. The van der Waals surface area contributed by atoms with Gasteiger partial charge >= 0.3 is 0 Å². The van der Waals surface area contributed by atoms with E-state index in [1.165, 1.54) is 0 Å². The number of nitrogen functional groups attached to an aromatic ring is 1. The molecule has 0 atom stereocenters. The van der Waals surface area contributed by atoms with E-state index in [4.69, 9.17) is 17.3 Å². The van der Waals surface area contributed by atoms with Crippen molar-refractivity contribution < 1.29 is 9.59 Å². The van der Waals surface area contributed by atoms with E-state index < -0.39 is 0 Å². The van der Waals surface area contributed by atoms with Crippen LogP contribution in [0.1, 0.15) is 28.8 Å². The highest BCUT2D eigenvalue weighted by Crippen LogP contribution is 2.12. The number of benzene rings is 2. The van der Waals surface area contributed by atoms with E-state index in [0.717, 1.165) is 5.56 Å². The van der Waals surface area contributed by atoms with Crippen LogP contribution in [0.3, 0.4) is 0 Å². The van der Waals surface area contributed by atoms with Crippen LogP contribution in [0.4, 0.5) is 5.69 Å². The fourth-order valence-electron chi connectivity index (χ4n) is 2.31. The molecule has 0 aliphatic rings. The normalized spacial score (nSPS) is 10.8. The number of para-hydroxylation sites is 1. The largest absolute Gasteiger partial charge is 0.398 e. The third-order valence-corrected chi connectivity index (χ3v) is 3.87. The van der Waals surface area contributed by atoms with E-state index in [1.807, 2.05) is 30.4 Å². The number of carbonyl (C=O) groups is 2. The summed E-state index contributed by atoms with van der Waals surface area (Å²) in [6, 6.07) is 14.2. The quantitative estimate of drug-likeness (QED) is 0.429. The molecular formula is C20H21ClN2O2. The summed E-state index contributed by atoms with van der Waals surface area (Å²) < 4.78 is 0. The molecule has 0 spiro atoms. The SMILES string of the molecule is Nc1ccccc1CC(=O)C/C=C/CCNC(=O)c1cccc(Cl)c1. The fourth-order valence-corrected chi connectivity index (χ4v) is 2.50. The van der Waals surface area contributed by atoms with Crippen molar-refractivity contribution in [2.75, 3.05) is 12.3 Å². The number of rotatable bonds is 8. The van der Waals surface area contributed by atoms with Gasteiger partial charge in [-0.15, -0.1) is 0 Å². The van der Waals surface area contributed by atoms with Crippen molar-refractivity contribution in [3.05, 3.63) is 76.8 Å². The summed E-state index contributed by atoms with van der Waals surface area (Å²) in [4.78, 5) is 23.8. The van der Waals surface area contributed by atoms with Crippen molar-refractivity contribution in [2.24, 2.45) is 0 Å². The number of Topliss-reactive ketones (excluding diaryl/α,β-unsaturated/α-hetero) is 1. The minimum atomic E-state index is -0.161. The van der Waals surface area contributed by atoms with E-state index in [0.29, 0.717) is 42.1 Å². The topological polar surface area (TPSA) is 72.2 Å². The number of halogens is 1. The van der Waals surface area contributed by atoms with Crippen molar-refractivity contribution in [3.8, 4) is 0 Å². The Balaban J connectivity index is 1.67. The van der Waals surface area contributed by atoms with Crippen LogP contribution in [-0.2, 0) is 11.2 Å². The van der Waals surface area contributed by atoms with Gasteiger partial charge in [0, 0.05) is 35.7 Å². The molecule has 2 aromatic rings. The lowest BCUT2D eigenvalue weighted by Crippen LogP contribution is -2.24. The second kappa shape index (κ2) is 9.64. The van der Waals surface area contributed by atoms with Gasteiger partial charge in [-0.2, -0.15) is 0 Å². The average Bonchev–Trinajstić information content (AvgIpc) is 2.60. The molecule has 5 heteroatoms. The van der Waals surface area contributed by atoms with Crippen LogP contribution < -0.4 is 11.1 Å². The zero-order valence-corrected chi connectivity index (χ0v) is 14.6. The molecule has 4 nitrogen and oxygen atoms in total. The van der Waals surface area contributed by atoms with Crippen LogP contribution in [-0.4, -0.2) is 18.2 Å². The van der Waals surface area contributed by atoms with Crippen molar-refractivity contribution in [1.29, 1.82) is 0 Å². The summed E-state index contributed by atoms with van der Waals surface area (Å²) in [7, 11) is 0. The van der Waals surface area contributed by atoms with Crippen molar-refractivity contribution in [2.45, 2.75) is 19.3 Å². The first kappa shape index (κ1) is 18.7. The van der Waals surface area contributed by atoms with Crippen LogP contribution in [0, 0.1) is 0 Å². The molecule has 2 aromatic carbocycles. The first-order valence-electron chi connectivity index (χ1n) is 8.10. The lowest BCUT2D eigenvalue weighted by atomic mass is 10.1. The molecule has 0 aromatic heterocycles.